The van der Waals surface area contributed by atoms with Crippen LogP contribution in [0.3, 0.4) is 0 Å². The topological polar surface area (TPSA) is 114 Å². The molecule has 10 heteroatoms. The summed E-state index contributed by atoms with van der Waals surface area (Å²) >= 11 is 0. The molecule has 0 saturated heterocycles. The molecule has 1 aliphatic rings. The third-order valence-electron chi connectivity index (χ3n) is 4.15. The third kappa shape index (κ3) is 2.75. The molecule has 1 atom stereocenters. The second kappa shape index (κ2) is 6.04. The largest absolute Gasteiger partial charge is 0.381 e. The minimum absolute atomic E-state index is 0.0706. The lowest BCUT2D eigenvalue weighted by atomic mass is 9.83. The van der Waals surface area contributed by atoms with Crippen molar-refractivity contribution in [2.75, 3.05) is 0 Å². The Morgan fingerprint density at radius 1 is 1.42 bits per heavy atom. The molecule has 0 bridgehead atoms. The Morgan fingerprint density at radius 2 is 2.21 bits per heavy atom. The minimum atomic E-state index is -1.76. The highest BCUT2D eigenvalue weighted by Crippen LogP contribution is 2.54. The Morgan fingerprint density at radius 3 is 2.79 bits per heavy atom. The van der Waals surface area contributed by atoms with Gasteiger partial charge in [0.1, 0.15) is 36.2 Å². The minimum Gasteiger partial charge on any atom is -0.381 e. The SMILES string of the molecule is NN=NC=NC1(C(O)(Cn2cncn2)c2ccc(F)cc2F)CC1. The van der Waals surface area contributed by atoms with Crippen molar-refractivity contribution in [2.24, 2.45) is 21.2 Å². The van der Waals surface area contributed by atoms with Crippen molar-refractivity contribution in [3.63, 3.8) is 0 Å². The molecule has 0 aliphatic heterocycles. The number of halogens is 2. The number of hydrogen-bond donors (Lipinski definition) is 2. The molecule has 1 aromatic carbocycles. The van der Waals surface area contributed by atoms with Gasteiger partial charge < -0.3 is 10.9 Å². The van der Waals surface area contributed by atoms with Gasteiger partial charge in [0.2, 0.25) is 0 Å². The van der Waals surface area contributed by atoms with Crippen molar-refractivity contribution >= 4 is 6.34 Å². The smallest absolute Gasteiger partial charge is 0.137 e. The van der Waals surface area contributed by atoms with Crippen LogP contribution in [0.4, 0.5) is 8.78 Å². The van der Waals surface area contributed by atoms with E-state index in [1.165, 1.54) is 23.4 Å². The molecular formula is C14H15F2N7O. The van der Waals surface area contributed by atoms with Gasteiger partial charge in [0.05, 0.1) is 12.1 Å². The molecule has 3 N–H and O–H groups in total. The van der Waals surface area contributed by atoms with Crippen LogP contribution in [0, 0.1) is 11.6 Å². The molecule has 1 heterocycles. The summed E-state index contributed by atoms with van der Waals surface area (Å²) < 4.78 is 29.0. The first-order chi connectivity index (χ1) is 11.5. The molecule has 2 aromatic rings. The molecule has 1 aromatic heterocycles. The predicted molar refractivity (Wildman–Crippen MR) is 79.8 cm³/mol. The summed E-state index contributed by atoms with van der Waals surface area (Å²) in [5.74, 6) is 3.34. The number of aliphatic hydroxyl groups is 1. The summed E-state index contributed by atoms with van der Waals surface area (Å²) in [6.07, 6.45) is 4.79. The summed E-state index contributed by atoms with van der Waals surface area (Å²) in [4.78, 5) is 8.03. The van der Waals surface area contributed by atoms with Gasteiger partial charge in [0.25, 0.3) is 0 Å². The lowest BCUT2D eigenvalue weighted by Gasteiger charge is -2.34. The zero-order chi connectivity index (χ0) is 17.2. The molecule has 126 valence electrons. The third-order valence-corrected chi connectivity index (χ3v) is 4.15. The van der Waals surface area contributed by atoms with Crippen LogP contribution in [0.5, 0.6) is 0 Å². The molecule has 1 unspecified atom stereocenters. The fourth-order valence-corrected chi connectivity index (χ4v) is 2.79. The first-order valence-electron chi connectivity index (χ1n) is 7.15. The maximum atomic E-state index is 14.4. The number of rotatable bonds is 6. The van der Waals surface area contributed by atoms with Gasteiger partial charge in [0, 0.05) is 11.6 Å². The van der Waals surface area contributed by atoms with Gasteiger partial charge in [-0.3, -0.25) is 4.99 Å². The van der Waals surface area contributed by atoms with Crippen molar-refractivity contribution in [3.05, 3.63) is 48.1 Å². The van der Waals surface area contributed by atoms with Gasteiger partial charge in [-0.1, -0.05) is 11.3 Å². The fourth-order valence-electron chi connectivity index (χ4n) is 2.79. The van der Waals surface area contributed by atoms with Crippen molar-refractivity contribution in [1.82, 2.24) is 14.8 Å². The average Bonchev–Trinajstić information content (AvgIpc) is 3.17. The molecule has 24 heavy (non-hydrogen) atoms. The fraction of sp³-hybridized carbons (Fsp3) is 0.357. The van der Waals surface area contributed by atoms with Crippen LogP contribution < -0.4 is 5.84 Å². The zero-order valence-corrected chi connectivity index (χ0v) is 12.5. The highest BCUT2D eigenvalue weighted by atomic mass is 19.1. The normalized spacial score (nSPS) is 19.0. The highest BCUT2D eigenvalue weighted by Gasteiger charge is 2.61. The molecular weight excluding hydrogens is 320 g/mol. The number of nitrogens with zero attached hydrogens (tertiary/aromatic N) is 6. The van der Waals surface area contributed by atoms with Gasteiger partial charge in [-0.15, -0.1) is 5.11 Å². The van der Waals surface area contributed by atoms with Crippen molar-refractivity contribution in [2.45, 2.75) is 30.5 Å². The van der Waals surface area contributed by atoms with Crippen LogP contribution >= 0.6 is 0 Å². The van der Waals surface area contributed by atoms with Gasteiger partial charge in [-0.25, -0.2) is 18.4 Å². The van der Waals surface area contributed by atoms with Gasteiger partial charge in [0.15, 0.2) is 0 Å². The number of aromatic nitrogens is 3. The zero-order valence-electron chi connectivity index (χ0n) is 12.5. The van der Waals surface area contributed by atoms with Crippen molar-refractivity contribution < 1.29 is 13.9 Å². The highest BCUT2D eigenvalue weighted by molar-refractivity contribution is 5.56. The van der Waals surface area contributed by atoms with Crippen LogP contribution in [0.1, 0.15) is 18.4 Å². The summed E-state index contributed by atoms with van der Waals surface area (Å²) in [5.41, 5.74) is -2.86. The van der Waals surface area contributed by atoms with E-state index < -0.39 is 22.8 Å². The first-order valence-corrected chi connectivity index (χ1v) is 7.15. The van der Waals surface area contributed by atoms with E-state index in [1.54, 1.807) is 0 Å². The van der Waals surface area contributed by atoms with E-state index in [9.17, 15) is 13.9 Å². The maximum Gasteiger partial charge on any atom is 0.137 e. The van der Waals surface area contributed by atoms with Crippen LogP contribution in [-0.2, 0) is 12.1 Å². The Kier molecular flexibility index (Phi) is 4.06. The van der Waals surface area contributed by atoms with Crippen molar-refractivity contribution in [3.8, 4) is 0 Å². The molecule has 3 rings (SSSR count). The first kappa shape index (κ1) is 16.1. The second-order valence-electron chi connectivity index (χ2n) is 5.58. The lowest BCUT2D eigenvalue weighted by Crippen LogP contribution is -2.45. The quantitative estimate of drug-likeness (QED) is 0.272. The number of benzene rings is 1. The Hall–Kier alpha value is -2.75. The van der Waals surface area contributed by atoms with E-state index in [0.29, 0.717) is 12.8 Å². The van der Waals surface area contributed by atoms with Gasteiger partial charge in [-0.2, -0.15) is 5.10 Å². The molecule has 1 saturated carbocycles. The van der Waals surface area contributed by atoms with E-state index in [4.69, 9.17) is 5.84 Å². The Balaban J connectivity index is 2.07. The lowest BCUT2D eigenvalue weighted by molar-refractivity contribution is -0.0228. The molecule has 8 nitrogen and oxygen atoms in total. The van der Waals surface area contributed by atoms with E-state index in [-0.39, 0.29) is 12.1 Å². The molecule has 0 radical (unpaired) electrons. The van der Waals surface area contributed by atoms with E-state index in [0.717, 1.165) is 18.5 Å². The van der Waals surface area contributed by atoms with Gasteiger partial charge in [-0.05, 0) is 18.9 Å². The van der Waals surface area contributed by atoms with Crippen LogP contribution in [0.2, 0.25) is 0 Å². The molecule has 1 aliphatic carbocycles. The van der Waals surface area contributed by atoms with Crippen LogP contribution in [0.25, 0.3) is 0 Å². The monoisotopic (exact) mass is 335 g/mol. The second-order valence-corrected chi connectivity index (χ2v) is 5.58. The molecule has 0 amide bonds. The summed E-state index contributed by atoms with van der Waals surface area (Å²) in [6.45, 7) is -0.105. The maximum absolute atomic E-state index is 14.4. The predicted octanol–water partition coefficient (Wildman–Crippen LogP) is 1.33. The van der Waals surface area contributed by atoms with Crippen LogP contribution in [0.15, 0.2) is 46.2 Å². The average molecular weight is 335 g/mol. The van der Waals surface area contributed by atoms with E-state index >= 15 is 0 Å². The number of hydrogen-bond acceptors (Lipinski definition) is 5. The Bertz CT molecular complexity index is 773. The summed E-state index contributed by atoms with van der Waals surface area (Å²) in [7, 11) is 0. The van der Waals surface area contributed by atoms with Crippen LogP contribution in [-0.4, -0.2) is 31.7 Å². The molecule has 0 spiro atoms. The van der Waals surface area contributed by atoms with Crippen molar-refractivity contribution in [1.29, 1.82) is 0 Å². The summed E-state index contributed by atoms with van der Waals surface area (Å²) in [5, 5.41) is 21.8. The number of aliphatic imine (C=N–C) groups is 1. The standard InChI is InChI=1S/C14H15F2N7O/c15-10-1-2-11(12(16)5-10)14(24,6-23-9-18-7-21-23)13(3-4-13)19-8-20-22-17/h1-2,5,7-9,24H,3-4,6H2,(H2,17,19,20). The Labute approximate surface area is 135 Å². The van der Waals surface area contributed by atoms with Gasteiger partial charge >= 0.3 is 0 Å². The van der Waals surface area contributed by atoms with E-state index in [2.05, 4.69) is 25.4 Å². The number of nitrogens with two attached hydrogens (primary N) is 1. The van der Waals surface area contributed by atoms with E-state index in [1.807, 2.05) is 0 Å². The summed E-state index contributed by atoms with van der Waals surface area (Å²) in [6, 6.07) is 3.02. The molecule has 1 fully saturated rings.